The van der Waals surface area contributed by atoms with Crippen molar-refractivity contribution in [3.05, 3.63) is 77.1 Å². The fourth-order valence-electron chi connectivity index (χ4n) is 2.91. The smallest absolute Gasteiger partial charge is 0.170 e. The Kier molecular flexibility index (Phi) is 5.49. The van der Waals surface area contributed by atoms with Crippen LogP contribution in [0.2, 0.25) is 0 Å². The summed E-state index contributed by atoms with van der Waals surface area (Å²) in [4.78, 5) is 12.4. The molecular formula is C22H19FO5. The van der Waals surface area contributed by atoms with Crippen LogP contribution < -0.4 is 4.74 Å². The molecule has 0 unspecified atom stereocenters. The lowest BCUT2D eigenvalue weighted by Gasteiger charge is -2.11. The zero-order valence-corrected chi connectivity index (χ0v) is 15.1. The second-order valence-electron chi connectivity index (χ2n) is 6.43. The van der Waals surface area contributed by atoms with Crippen molar-refractivity contribution in [1.29, 1.82) is 0 Å². The second-order valence-corrected chi connectivity index (χ2v) is 6.43. The van der Waals surface area contributed by atoms with Gasteiger partial charge in [-0.05, 0) is 60.9 Å². The number of aryl methyl sites for hydroxylation is 2. The molecule has 5 nitrogen and oxygen atoms in total. The molecule has 0 aliphatic carbocycles. The maximum atomic E-state index is 13.0. The van der Waals surface area contributed by atoms with Gasteiger partial charge in [0, 0.05) is 18.6 Å². The highest BCUT2D eigenvalue weighted by atomic mass is 19.1. The number of ether oxygens (including phenoxy) is 1. The topological polar surface area (TPSA) is 87.0 Å². The lowest BCUT2D eigenvalue weighted by Crippen LogP contribution is -2.03. The van der Waals surface area contributed by atoms with Gasteiger partial charge in [0.05, 0.1) is 0 Å². The third-order valence-electron chi connectivity index (χ3n) is 4.35. The van der Waals surface area contributed by atoms with Gasteiger partial charge >= 0.3 is 0 Å². The van der Waals surface area contributed by atoms with Crippen LogP contribution in [-0.2, 0) is 6.42 Å². The van der Waals surface area contributed by atoms with Crippen LogP contribution in [0.4, 0.5) is 4.39 Å². The Morgan fingerprint density at radius 1 is 0.929 bits per heavy atom. The number of carbonyl (C=O) groups is 1. The van der Waals surface area contributed by atoms with Crippen molar-refractivity contribution in [2.45, 2.75) is 19.8 Å². The molecule has 28 heavy (non-hydrogen) atoms. The Bertz CT molecular complexity index is 989. The van der Waals surface area contributed by atoms with E-state index >= 15 is 0 Å². The first kappa shape index (κ1) is 19.2. The van der Waals surface area contributed by atoms with Crippen LogP contribution in [0.1, 0.15) is 27.9 Å². The summed E-state index contributed by atoms with van der Waals surface area (Å²) >= 11 is 0. The minimum absolute atomic E-state index is 0.0743. The summed E-state index contributed by atoms with van der Waals surface area (Å²) < 4.78 is 18.6. The van der Waals surface area contributed by atoms with Gasteiger partial charge in [0.15, 0.2) is 5.78 Å². The lowest BCUT2D eigenvalue weighted by atomic mass is 9.98. The van der Waals surface area contributed by atoms with E-state index in [1.54, 1.807) is 6.07 Å². The number of hydrogen-bond donors (Lipinski definition) is 3. The molecule has 3 N–H and O–H groups in total. The Balaban J connectivity index is 1.68. The van der Waals surface area contributed by atoms with Crippen molar-refractivity contribution in [2.24, 2.45) is 0 Å². The van der Waals surface area contributed by atoms with Crippen molar-refractivity contribution < 1.29 is 29.2 Å². The number of phenols is 3. The molecule has 0 amide bonds. The van der Waals surface area contributed by atoms with E-state index in [0.29, 0.717) is 17.9 Å². The van der Waals surface area contributed by atoms with Crippen LogP contribution >= 0.6 is 0 Å². The Labute approximate surface area is 161 Å². The van der Waals surface area contributed by atoms with E-state index in [-0.39, 0.29) is 23.6 Å². The number of halogens is 1. The molecule has 3 rings (SSSR count). The summed E-state index contributed by atoms with van der Waals surface area (Å²) in [5, 5.41) is 28.9. The average molecular weight is 382 g/mol. The molecule has 0 bridgehead atoms. The number of ketones is 1. The highest BCUT2D eigenvalue weighted by Gasteiger charge is 2.18. The zero-order chi connectivity index (χ0) is 20.3. The second kappa shape index (κ2) is 8.00. The number of phenolic OH excluding ortho intramolecular Hbond substituents is 3. The summed E-state index contributed by atoms with van der Waals surface area (Å²) in [6.45, 7) is 1.88. The van der Waals surface area contributed by atoms with Crippen molar-refractivity contribution in [3.8, 4) is 28.7 Å². The normalized spacial score (nSPS) is 10.6. The minimum Gasteiger partial charge on any atom is -0.508 e. The van der Waals surface area contributed by atoms with E-state index in [1.165, 1.54) is 24.3 Å². The molecule has 3 aromatic carbocycles. The SMILES string of the molecule is Cc1cc(Oc2ccc(F)cc2)ccc1CCC(=O)c1c(O)cc(O)cc1O. The van der Waals surface area contributed by atoms with Crippen molar-refractivity contribution >= 4 is 5.78 Å². The summed E-state index contributed by atoms with van der Waals surface area (Å²) in [5.41, 5.74) is 1.62. The largest absolute Gasteiger partial charge is 0.508 e. The molecule has 0 aromatic heterocycles. The van der Waals surface area contributed by atoms with Crippen LogP contribution in [0.25, 0.3) is 0 Å². The van der Waals surface area contributed by atoms with E-state index in [4.69, 9.17) is 4.74 Å². The quantitative estimate of drug-likeness (QED) is 0.530. The van der Waals surface area contributed by atoms with E-state index in [1.807, 2.05) is 19.1 Å². The monoisotopic (exact) mass is 382 g/mol. The fraction of sp³-hybridized carbons (Fsp3) is 0.136. The zero-order valence-electron chi connectivity index (χ0n) is 15.1. The molecule has 3 aromatic rings. The number of Topliss-reactive ketones (excluding diaryl/α,β-unsaturated/α-hetero) is 1. The molecule has 0 aliphatic heterocycles. The van der Waals surface area contributed by atoms with E-state index in [2.05, 4.69) is 0 Å². The van der Waals surface area contributed by atoms with Gasteiger partial charge < -0.3 is 20.1 Å². The summed E-state index contributed by atoms with van der Waals surface area (Å²) in [6, 6.07) is 13.1. The van der Waals surface area contributed by atoms with E-state index in [9.17, 15) is 24.5 Å². The first-order valence-corrected chi connectivity index (χ1v) is 8.64. The van der Waals surface area contributed by atoms with Crippen molar-refractivity contribution in [3.63, 3.8) is 0 Å². The minimum atomic E-state index is -0.456. The predicted molar refractivity (Wildman–Crippen MR) is 102 cm³/mol. The number of benzene rings is 3. The maximum absolute atomic E-state index is 13.0. The van der Waals surface area contributed by atoms with Crippen LogP contribution in [0.3, 0.4) is 0 Å². The molecule has 0 spiro atoms. The van der Waals surface area contributed by atoms with Crippen molar-refractivity contribution in [2.75, 3.05) is 0 Å². The van der Waals surface area contributed by atoms with Gasteiger partial charge in [-0.3, -0.25) is 4.79 Å². The van der Waals surface area contributed by atoms with Gasteiger partial charge in [-0.25, -0.2) is 4.39 Å². The van der Waals surface area contributed by atoms with Gasteiger partial charge in [-0.2, -0.15) is 0 Å². The first-order valence-electron chi connectivity index (χ1n) is 8.64. The predicted octanol–water partition coefficient (Wildman–Crippen LogP) is 4.86. The molecule has 0 saturated carbocycles. The van der Waals surface area contributed by atoms with Gasteiger partial charge in [0.2, 0.25) is 0 Å². The molecule has 0 heterocycles. The van der Waals surface area contributed by atoms with Gasteiger partial charge in [-0.1, -0.05) is 6.07 Å². The molecule has 0 aliphatic rings. The molecule has 0 atom stereocenters. The highest BCUT2D eigenvalue weighted by Crippen LogP contribution is 2.33. The molecular weight excluding hydrogens is 363 g/mol. The fourth-order valence-corrected chi connectivity index (χ4v) is 2.91. The molecule has 144 valence electrons. The van der Waals surface area contributed by atoms with Gasteiger partial charge in [0.1, 0.15) is 40.1 Å². The molecule has 0 fully saturated rings. The van der Waals surface area contributed by atoms with E-state index in [0.717, 1.165) is 23.3 Å². The third-order valence-corrected chi connectivity index (χ3v) is 4.35. The van der Waals surface area contributed by atoms with E-state index < -0.39 is 17.3 Å². The van der Waals surface area contributed by atoms with Crippen LogP contribution in [0, 0.1) is 12.7 Å². The molecule has 0 radical (unpaired) electrons. The van der Waals surface area contributed by atoms with Crippen molar-refractivity contribution in [1.82, 2.24) is 0 Å². The lowest BCUT2D eigenvalue weighted by molar-refractivity contribution is 0.0977. The summed E-state index contributed by atoms with van der Waals surface area (Å²) in [5.74, 6) is -0.894. The first-order chi connectivity index (χ1) is 13.3. The van der Waals surface area contributed by atoms with Crippen LogP contribution in [0.15, 0.2) is 54.6 Å². The van der Waals surface area contributed by atoms with Gasteiger partial charge in [-0.15, -0.1) is 0 Å². The maximum Gasteiger partial charge on any atom is 0.170 e. The molecule has 0 saturated heterocycles. The standard InChI is InChI=1S/C22H19FO5/c1-13-10-18(28-17-7-4-15(23)5-8-17)6-2-14(13)3-9-19(25)22-20(26)11-16(24)12-21(22)27/h2,4-8,10-12,24,26-27H,3,9H2,1H3. The Hall–Kier alpha value is -3.54. The number of aromatic hydroxyl groups is 3. The third kappa shape index (κ3) is 4.40. The highest BCUT2D eigenvalue weighted by molar-refractivity contribution is 6.01. The average Bonchev–Trinajstić information content (AvgIpc) is 2.62. The number of rotatable bonds is 6. The van der Waals surface area contributed by atoms with Crippen LogP contribution in [-0.4, -0.2) is 21.1 Å². The molecule has 6 heteroatoms. The number of hydrogen-bond acceptors (Lipinski definition) is 5. The van der Waals surface area contributed by atoms with Crippen LogP contribution in [0.5, 0.6) is 28.7 Å². The Morgan fingerprint density at radius 3 is 2.14 bits per heavy atom. The summed E-state index contributed by atoms with van der Waals surface area (Å²) in [7, 11) is 0. The number of carbonyl (C=O) groups excluding carboxylic acids is 1. The summed E-state index contributed by atoms with van der Waals surface area (Å²) in [6.07, 6.45) is 0.478. The van der Waals surface area contributed by atoms with Gasteiger partial charge in [0.25, 0.3) is 0 Å². The Morgan fingerprint density at radius 2 is 1.54 bits per heavy atom.